The van der Waals surface area contributed by atoms with Gasteiger partial charge in [-0.1, -0.05) is 13.3 Å². The lowest BCUT2D eigenvalue weighted by molar-refractivity contribution is 0.150. The highest BCUT2D eigenvalue weighted by atomic mass is 16.5. The predicted molar refractivity (Wildman–Crippen MR) is 57.1 cm³/mol. The summed E-state index contributed by atoms with van der Waals surface area (Å²) in [5.41, 5.74) is 5.48. The quantitative estimate of drug-likeness (QED) is 0.657. The molecule has 4 nitrogen and oxygen atoms in total. The molecule has 1 atom stereocenters. The number of amides is 1. The number of carbonyl (C=O) groups is 1. The van der Waals surface area contributed by atoms with Crippen LogP contribution in [0, 0.1) is 5.92 Å². The van der Waals surface area contributed by atoms with Crippen LogP contribution >= 0.6 is 0 Å². The van der Waals surface area contributed by atoms with E-state index in [0.29, 0.717) is 25.6 Å². The fraction of sp³-hybridized carbons (Fsp3) is 0.900. The van der Waals surface area contributed by atoms with Crippen molar-refractivity contribution in [1.82, 2.24) is 5.32 Å². The summed E-state index contributed by atoms with van der Waals surface area (Å²) in [7, 11) is 0. The lowest BCUT2D eigenvalue weighted by atomic mass is 10.00. The van der Waals surface area contributed by atoms with Gasteiger partial charge in [0.15, 0.2) is 0 Å². The van der Waals surface area contributed by atoms with Gasteiger partial charge >= 0.3 is 6.09 Å². The van der Waals surface area contributed by atoms with Crippen LogP contribution in [0.3, 0.4) is 0 Å². The van der Waals surface area contributed by atoms with Gasteiger partial charge in [0.25, 0.3) is 0 Å². The highest BCUT2D eigenvalue weighted by molar-refractivity contribution is 5.66. The lowest BCUT2D eigenvalue weighted by Gasteiger charge is -2.15. The molecule has 3 N–H and O–H groups in total. The molecule has 0 saturated carbocycles. The van der Waals surface area contributed by atoms with Crippen molar-refractivity contribution in [2.75, 3.05) is 19.7 Å². The molecule has 0 radical (unpaired) electrons. The minimum atomic E-state index is -0.328. The summed E-state index contributed by atoms with van der Waals surface area (Å²) in [5.74, 6) is 0.481. The third-order valence-corrected chi connectivity index (χ3v) is 2.08. The van der Waals surface area contributed by atoms with Gasteiger partial charge in [0.1, 0.15) is 0 Å². The van der Waals surface area contributed by atoms with E-state index < -0.39 is 0 Å². The van der Waals surface area contributed by atoms with E-state index in [9.17, 15) is 4.79 Å². The summed E-state index contributed by atoms with van der Waals surface area (Å²) >= 11 is 0. The molecular weight excluding hydrogens is 180 g/mol. The van der Waals surface area contributed by atoms with E-state index in [-0.39, 0.29) is 6.09 Å². The summed E-state index contributed by atoms with van der Waals surface area (Å²) in [5, 5.41) is 2.74. The molecule has 0 aliphatic rings. The van der Waals surface area contributed by atoms with Gasteiger partial charge in [-0.3, -0.25) is 0 Å². The normalized spacial score (nSPS) is 12.2. The van der Waals surface area contributed by atoms with Gasteiger partial charge < -0.3 is 15.8 Å². The van der Waals surface area contributed by atoms with Crippen molar-refractivity contribution in [3.63, 3.8) is 0 Å². The van der Waals surface area contributed by atoms with Crippen LogP contribution in [-0.4, -0.2) is 25.8 Å². The molecule has 1 amide bonds. The van der Waals surface area contributed by atoms with Crippen LogP contribution in [0.4, 0.5) is 4.79 Å². The van der Waals surface area contributed by atoms with Crippen LogP contribution < -0.4 is 11.1 Å². The van der Waals surface area contributed by atoms with E-state index in [1.54, 1.807) is 6.92 Å². The van der Waals surface area contributed by atoms with Crippen LogP contribution in [0.5, 0.6) is 0 Å². The van der Waals surface area contributed by atoms with E-state index in [2.05, 4.69) is 12.2 Å². The van der Waals surface area contributed by atoms with Crippen LogP contribution in [0.25, 0.3) is 0 Å². The SMILES string of the molecule is CCCC(CCN)CNC(=O)OCC. The Hall–Kier alpha value is -0.770. The molecule has 0 spiro atoms. The Morgan fingerprint density at radius 1 is 1.43 bits per heavy atom. The van der Waals surface area contributed by atoms with E-state index in [1.165, 1.54) is 0 Å². The summed E-state index contributed by atoms with van der Waals surface area (Å²) in [6.07, 6.45) is 2.85. The minimum Gasteiger partial charge on any atom is -0.450 e. The average molecular weight is 202 g/mol. The summed E-state index contributed by atoms with van der Waals surface area (Å²) in [4.78, 5) is 11.0. The first-order valence-corrected chi connectivity index (χ1v) is 5.35. The molecule has 0 rings (SSSR count). The van der Waals surface area contributed by atoms with Crippen molar-refractivity contribution in [2.45, 2.75) is 33.1 Å². The number of carbonyl (C=O) groups excluding carboxylic acids is 1. The Balaban J connectivity index is 3.63. The smallest absolute Gasteiger partial charge is 0.407 e. The number of alkyl carbamates (subject to hydrolysis) is 1. The molecule has 0 saturated heterocycles. The van der Waals surface area contributed by atoms with Crippen molar-refractivity contribution >= 4 is 6.09 Å². The maximum atomic E-state index is 11.0. The second-order valence-corrected chi connectivity index (χ2v) is 3.33. The highest BCUT2D eigenvalue weighted by Crippen LogP contribution is 2.08. The Morgan fingerprint density at radius 2 is 2.14 bits per heavy atom. The largest absolute Gasteiger partial charge is 0.450 e. The number of nitrogens with one attached hydrogen (secondary N) is 1. The van der Waals surface area contributed by atoms with Gasteiger partial charge in [-0.25, -0.2) is 4.79 Å². The fourth-order valence-corrected chi connectivity index (χ4v) is 1.40. The third-order valence-electron chi connectivity index (χ3n) is 2.08. The molecule has 0 bridgehead atoms. The first-order valence-electron chi connectivity index (χ1n) is 5.35. The fourth-order valence-electron chi connectivity index (χ4n) is 1.40. The van der Waals surface area contributed by atoms with Gasteiger partial charge in [0.2, 0.25) is 0 Å². The van der Waals surface area contributed by atoms with E-state index in [0.717, 1.165) is 19.3 Å². The molecular formula is C10H22N2O2. The number of hydrogen-bond donors (Lipinski definition) is 2. The third kappa shape index (κ3) is 6.71. The topological polar surface area (TPSA) is 64.3 Å². The predicted octanol–water partition coefficient (Wildman–Crippen LogP) is 1.50. The Kier molecular flexibility index (Phi) is 8.33. The maximum absolute atomic E-state index is 11.0. The molecule has 0 fully saturated rings. The minimum absolute atomic E-state index is 0.328. The van der Waals surface area contributed by atoms with Crippen molar-refractivity contribution in [3.05, 3.63) is 0 Å². The Morgan fingerprint density at radius 3 is 2.64 bits per heavy atom. The zero-order valence-corrected chi connectivity index (χ0v) is 9.21. The van der Waals surface area contributed by atoms with Gasteiger partial charge in [-0.15, -0.1) is 0 Å². The molecule has 14 heavy (non-hydrogen) atoms. The Labute approximate surface area is 86.2 Å². The van der Waals surface area contributed by atoms with Crippen molar-refractivity contribution < 1.29 is 9.53 Å². The first kappa shape index (κ1) is 13.2. The van der Waals surface area contributed by atoms with Crippen LogP contribution in [0.1, 0.15) is 33.1 Å². The lowest BCUT2D eigenvalue weighted by Crippen LogP contribution is -2.30. The summed E-state index contributed by atoms with van der Waals surface area (Å²) in [6, 6.07) is 0. The van der Waals surface area contributed by atoms with Crippen molar-refractivity contribution in [1.29, 1.82) is 0 Å². The monoisotopic (exact) mass is 202 g/mol. The molecule has 0 heterocycles. The first-order chi connectivity index (χ1) is 6.74. The molecule has 1 unspecified atom stereocenters. The van der Waals surface area contributed by atoms with Gasteiger partial charge in [0, 0.05) is 6.54 Å². The molecule has 0 aromatic rings. The van der Waals surface area contributed by atoms with Crippen molar-refractivity contribution in [3.8, 4) is 0 Å². The summed E-state index contributed by atoms with van der Waals surface area (Å²) in [6.45, 7) is 5.69. The molecule has 0 aliphatic heterocycles. The van der Waals surface area contributed by atoms with E-state index in [4.69, 9.17) is 10.5 Å². The van der Waals surface area contributed by atoms with Crippen LogP contribution in [0.2, 0.25) is 0 Å². The summed E-state index contributed by atoms with van der Waals surface area (Å²) < 4.78 is 4.77. The van der Waals surface area contributed by atoms with Gasteiger partial charge in [-0.05, 0) is 32.2 Å². The number of ether oxygens (including phenoxy) is 1. The molecule has 0 aliphatic carbocycles. The van der Waals surface area contributed by atoms with Gasteiger partial charge in [-0.2, -0.15) is 0 Å². The van der Waals surface area contributed by atoms with Crippen LogP contribution in [0.15, 0.2) is 0 Å². The molecule has 0 aromatic carbocycles. The second kappa shape index (κ2) is 8.81. The van der Waals surface area contributed by atoms with E-state index in [1.807, 2.05) is 0 Å². The number of rotatable bonds is 7. The molecule has 84 valence electrons. The number of hydrogen-bond acceptors (Lipinski definition) is 3. The van der Waals surface area contributed by atoms with Crippen LogP contribution in [-0.2, 0) is 4.74 Å². The second-order valence-electron chi connectivity index (χ2n) is 3.33. The highest BCUT2D eigenvalue weighted by Gasteiger charge is 2.08. The molecule has 4 heteroatoms. The van der Waals surface area contributed by atoms with Crippen molar-refractivity contribution in [2.24, 2.45) is 11.7 Å². The average Bonchev–Trinajstić information content (AvgIpc) is 2.15. The Bertz CT molecular complexity index is 145. The van der Waals surface area contributed by atoms with Gasteiger partial charge in [0.05, 0.1) is 6.61 Å². The number of nitrogens with two attached hydrogens (primary N) is 1. The molecule has 0 aromatic heterocycles. The van der Waals surface area contributed by atoms with E-state index >= 15 is 0 Å². The standard InChI is InChI=1S/C10H22N2O2/c1-3-5-9(6-7-11)8-12-10(13)14-4-2/h9H,3-8,11H2,1-2H3,(H,12,13). The zero-order valence-electron chi connectivity index (χ0n) is 9.21. The maximum Gasteiger partial charge on any atom is 0.407 e. The zero-order chi connectivity index (χ0) is 10.8.